The number of nitrogens with zero attached hydrogens (tertiary/aromatic N) is 3. The van der Waals surface area contributed by atoms with Crippen molar-refractivity contribution in [3.8, 4) is 6.07 Å². The number of aliphatic hydroxyl groups is 1. The Hall–Kier alpha value is -2.06. The van der Waals surface area contributed by atoms with Crippen LogP contribution in [-0.2, 0) is 0 Å². The van der Waals surface area contributed by atoms with E-state index in [1.807, 2.05) is 31.1 Å². The van der Waals surface area contributed by atoms with Crippen LogP contribution in [0.4, 0.5) is 5.69 Å². The summed E-state index contributed by atoms with van der Waals surface area (Å²) in [6.07, 6.45) is 0. The van der Waals surface area contributed by atoms with Crippen LogP contribution in [0.25, 0.3) is 0 Å². The molecule has 1 aliphatic rings. The van der Waals surface area contributed by atoms with Gasteiger partial charge in [-0.3, -0.25) is 4.79 Å². The van der Waals surface area contributed by atoms with Crippen molar-refractivity contribution >= 4 is 11.6 Å². The lowest BCUT2D eigenvalue weighted by Gasteiger charge is -2.18. The Kier molecular flexibility index (Phi) is 3.21. The molecule has 18 heavy (non-hydrogen) atoms. The number of β-amino-alcohol motifs (C(OH)–C–C–N with tert-alkyl or cyclic N) is 1. The molecule has 0 radical (unpaired) electrons. The highest BCUT2D eigenvalue weighted by atomic mass is 16.3. The topological polar surface area (TPSA) is 67.6 Å². The van der Waals surface area contributed by atoms with Gasteiger partial charge in [0.05, 0.1) is 18.2 Å². The molecule has 0 saturated carbocycles. The van der Waals surface area contributed by atoms with Crippen LogP contribution in [0, 0.1) is 11.3 Å². The van der Waals surface area contributed by atoms with Crippen LogP contribution in [0.3, 0.4) is 0 Å². The number of carbonyl (C=O) groups excluding carboxylic acids is 1. The van der Waals surface area contributed by atoms with E-state index in [-0.39, 0.29) is 19.1 Å². The molecule has 1 aromatic carbocycles. The second kappa shape index (κ2) is 4.67. The van der Waals surface area contributed by atoms with Crippen molar-refractivity contribution in [3.05, 3.63) is 29.3 Å². The standard InChI is InChI=1S/C13H15N3O2/c1-15(2)10-5-3-4-9-11(8-14)16(6-7-17)13(18)12(9)10/h3-5,11,17H,6-7H2,1-2H3. The highest BCUT2D eigenvalue weighted by molar-refractivity contribution is 6.04. The van der Waals surface area contributed by atoms with E-state index < -0.39 is 6.04 Å². The molecule has 0 aromatic heterocycles. The second-order valence-electron chi connectivity index (χ2n) is 4.39. The molecule has 0 saturated heterocycles. The Morgan fingerprint density at radius 3 is 2.78 bits per heavy atom. The molecule has 0 aliphatic carbocycles. The number of carbonyl (C=O) groups is 1. The Bertz CT molecular complexity index is 519. The fourth-order valence-corrected chi connectivity index (χ4v) is 2.30. The van der Waals surface area contributed by atoms with Gasteiger partial charge in [-0.05, 0) is 6.07 Å². The molecule has 1 atom stereocenters. The minimum absolute atomic E-state index is 0.144. The maximum Gasteiger partial charge on any atom is 0.257 e. The normalized spacial score (nSPS) is 17.6. The van der Waals surface area contributed by atoms with E-state index in [9.17, 15) is 10.1 Å². The summed E-state index contributed by atoms with van der Waals surface area (Å²) < 4.78 is 0. The monoisotopic (exact) mass is 245 g/mol. The van der Waals surface area contributed by atoms with Crippen LogP contribution in [0.1, 0.15) is 22.0 Å². The smallest absolute Gasteiger partial charge is 0.257 e. The third-order valence-electron chi connectivity index (χ3n) is 3.10. The average Bonchev–Trinajstić information content (AvgIpc) is 2.63. The third kappa shape index (κ3) is 1.71. The first-order valence-electron chi connectivity index (χ1n) is 5.73. The van der Waals surface area contributed by atoms with Gasteiger partial charge < -0.3 is 14.9 Å². The molecule has 1 unspecified atom stereocenters. The highest BCUT2D eigenvalue weighted by Gasteiger charge is 2.38. The number of hydrogen-bond acceptors (Lipinski definition) is 4. The fourth-order valence-electron chi connectivity index (χ4n) is 2.30. The molecule has 5 heteroatoms. The van der Waals surface area contributed by atoms with Crippen LogP contribution < -0.4 is 4.90 Å². The molecule has 1 aromatic rings. The number of anilines is 1. The summed E-state index contributed by atoms with van der Waals surface area (Å²) in [4.78, 5) is 15.6. The van der Waals surface area contributed by atoms with Gasteiger partial charge in [-0.2, -0.15) is 5.26 Å². The number of rotatable bonds is 3. The number of aliphatic hydroxyl groups excluding tert-OH is 1. The number of amides is 1. The van der Waals surface area contributed by atoms with Crippen molar-refractivity contribution in [3.63, 3.8) is 0 Å². The quantitative estimate of drug-likeness (QED) is 0.854. The lowest BCUT2D eigenvalue weighted by molar-refractivity contribution is 0.0722. The molecule has 1 aliphatic heterocycles. The summed E-state index contributed by atoms with van der Waals surface area (Å²) in [6.45, 7) is 0.0355. The van der Waals surface area contributed by atoms with E-state index in [0.29, 0.717) is 5.56 Å². The lowest BCUT2D eigenvalue weighted by atomic mass is 10.0. The maximum absolute atomic E-state index is 12.3. The molecule has 0 bridgehead atoms. The summed E-state index contributed by atoms with van der Waals surface area (Å²) in [6, 6.07) is 7.02. The highest BCUT2D eigenvalue weighted by Crippen LogP contribution is 2.37. The van der Waals surface area contributed by atoms with Crippen molar-refractivity contribution in [2.45, 2.75) is 6.04 Å². The first-order valence-corrected chi connectivity index (χ1v) is 5.73. The zero-order valence-electron chi connectivity index (χ0n) is 10.4. The molecule has 5 nitrogen and oxygen atoms in total. The molecular weight excluding hydrogens is 230 g/mol. The van der Waals surface area contributed by atoms with Gasteiger partial charge in [0.25, 0.3) is 5.91 Å². The van der Waals surface area contributed by atoms with E-state index in [1.165, 1.54) is 4.90 Å². The van der Waals surface area contributed by atoms with Crippen molar-refractivity contribution in [2.75, 3.05) is 32.1 Å². The third-order valence-corrected chi connectivity index (χ3v) is 3.10. The predicted molar refractivity (Wildman–Crippen MR) is 67.2 cm³/mol. The first-order chi connectivity index (χ1) is 8.61. The van der Waals surface area contributed by atoms with Crippen LogP contribution in [0.2, 0.25) is 0 Å². The van der Waals surface area contributed by atoms with Gasteiger partial charge >= 0.3 is 0 Å². The van der Waals surface area contributed by atoms with Gasteiger partial charge in [0.1, 0.15) is 6.04 Å². The largest absolute Gasteiger partial charge is 0.395 e. The lowest BCUT2D eigenvalue weighted by Crippen LogP contribution is -2.30. The van der Waals surface area contributed by atoms with Crippen molar-refractivity contribution in [2.24, 2.45) is 0 Å². The molecule has 0 spiro atoms. The molecule has 2 rings (SSSR count). The van der Waals surface area contributed by atoms with E-state index in [1.54, 1.807) is 6.07 Å². The van der Waals surface area contributed by atoms with Gasteiger partial charge in [-0.25, -0.2) is 0 Å². The van der Waals surface area contributed by atoms with Crippen LogP contribution in [0.5, 0.6) is 0 Å². The molecule has 1 amide bonds. The minimum Gasteiger partial charge on any atom is -0.395 e. The zero-order chi connectivity index (χ0) is 13.3. The SMILES string of the molecule is CN(C)c1cccc2c1C(=O)N(CCO)C2C#N. The number of benzene rings is 1. The van der Waals surface area contributed by atoms with Gasteiger partial charge in [0.2, 0.25) is 0 Å². The van der Waals surface area contributed by atoms with Gasteiger partial charge in [0, 0.05) is 31.9 Å². The number of nitriles is 1. The molecule has 94 valence electrons. The first kappa shape index (κ1) is 12.4. The van der Waals surface area contributed by atoms with Crippen LogP contribution >= 0.6 is 0 Å². The Morgan fingerprint density at radius 1 is 1.50 bits per heavy atom. The minimum atomic E-state index is -0.598. The summed E-state index contributed by atoms with van der Waals surface area (Å²) in [5.41, 5.74) is 2.10. The molecule has 1 N–H and O–H groups in total. The second-order valence-corrected chi connectivity index (χ2v) is 4.39. The van der Waals surface area contributed by atoms with E-state index in [2.05, 4.69) is 6.07 Å². The number of hydrogen-bond donors (Lipinski definition) is 1. The van der Waals surface area contributed by atoms with Gasteiger partial charge in [0.15, 0.2) is 0 Å². The van der Waals surface area contributed by atoms with Crippen molar-refractivity contribution < 1.29 is 9.90 Å². The predicted octanol–water partition coefficient (Wildman–Crippen LogP) is 0.765. The van der Waals surface area contributed by atoms with Crippen molar-refractivity contribution in [1.82, 2.24) is 4.90 Å². The van der Waals surface area contributed by atoms with Crippen LogP contribution in [0.15, 0.2) is 18.2 Å². The summed E-state index contributed by atoms with van der Waals surface area (Å²) in [5.74, 6) is -0.185. The molecule has 1 heterocycles. The number of fused-ring (bicyclic) bond motifs is 1. The van der Waals surface area contributed by atoms with E-state index in [4.69, 9.17) is 5.11 Å². The summed E-state index contributed by atoms with van der Waals surface area (Å²) in [5, 5.41) is 18.2. The molecule has 0 fully saturated rings. The molecular formula is C13H15N3O2. The van der Waals surface area contributed by atoms with Crippen LogP contribution in [-0.4, -0.2) is 43.2 Å². The fraction of sp³-hybridized carbons (Fsp3) is 0.385. The van der Waals surface area contributed by atoms with Gasteiger partial charge in [-0.1, -0.05) is 12.1 Å². The van der Waals surface area contributed by atoms with Gasteiger partial charge in [-0.15, -0.1) is 0 Å². The average molecular weight is 245 g/mol. The maximum atomic E-state index is 12.3. The van der Waals surface area contributed by atoms with E-state index >= 15 is 0 Å². The Morgan fingerprint density at radius 2 is 2.22 bits per heavy atom. The van der Waals surface area contributed by atoms with Crippen molar-refractivity contribution in [1.29, 1.82) is 5.26 Å². The zero-order valence-corrected chi connectivity index (χ0v) is 10.4. The Balaban J connectivity index is 2.56. The van der Waals surface area contributed by atoms with E-state index in [0.717, 1.165) is 11.3 Å². The Labute approximate surface area is 106 Å². The summed E-state index contributed by atoms with van der Waals surface area (Å²) in [7, 11) is 3.72. The summed E-state index contributed by atoms with van der Waals surface area (Å²) >= 11 is 0.